The number of carboxylic acids is 1. The van der Waals surface area contributed by atoms with Crippen LogP contribution >= 0.6 is 0 Å². The maximum Gasteiger partial charge on any atom is 0.326 e. The van der Waals surface area contributed by atoms with Crippen molar-refractivity contribution >= 4 is 33.9 Å². The zero-order valence-corrected chi connectivity index (χ0v) is 25.0. The number of anilines is 1. The van der Waals surface area contributed by atoms with Gasteiger partial charge in [-0.05, 0) is 56.0 Å². The highest BCUT2D eigenvalue weighted by molar-refractivity contribution is 7.92. The van der Waals surface area contributed by atoms with Crippen LogP contribution in [-0.2, 0) is 19.6 Å². The topological polar surface area (TPSA) is 196 Å². The molecule has 0 radical (unpaired) electrons. The normalized spacial score (nSPS) is 14.1. The largest absolute Gasteiger partial charge is 0.480 e. The van der Waals surface area contributed by atoms with Crippen LogP contribution in [0.25, 0.3) is 17.3 Å². The molecule has 1 amide bonds. The maximum absolute atomic E-state index is 13.7. The lowest BCUT2D eigenvalue weighted by molar-refractivity contribution is -0.142. The van der Waals surface area contributed by atoms with Crippen molar-refractivity contribution in [1.29, 1.82) is 0 Å². The number of aromatic nitrogens is 2. The van der Waals surface area contributed by atoms with Crippen LogP contribution in [0, 0.1) is 5.82 Å². The van der Waals surface area contributed by atoms with Crippen molar-refractivity contribution in [2.45, 2.75) is 70.1 Å². The monoisotopic (exact) mass is 609 g/mol. The van der Waals surface area contributed by atoms with E-state index in [-0.39, 0.29) is 24.7 Å². The summed E-state index contributed by atoms with van der Waals surface area (Å²) >= 11 is 0. The summed E-state index contributed by atoms with van der Waals surface area (Å²) in [6.07, 6.45) is 2.14. The maximum atomic E-state index is 13.7. The summed E-state index contributed by atoms with van der Waals surface area (Å²) < 4.78 is 39.0. The second kappa shape index (κ2) is 15.7. The fourth-order valence-electron chi connectivity index (χ4n) is 4.06. The van der Waals surface area contributed by atoms with Gasteiger partial charge in [-0.25, -0.2) is 31.9 Å². The van der Waals surface area contributed by atoms with Gasteiger partial charge in [-0.15, -0.1) is 0 Å². The minimum absolute atomic E-state index is 0.0812. The molecular weight excluding hydrogens is 569 g/mol. The van der Waals surface area contributed by atoms with E-state index in [0.29, 0.717) is 41.9 Å². The molecule has 0 unspecified atom stereocenters. The summed E-state index contributed by atoms with van der Waals surface area (Å²) in [4.78, 5) is 32.7. The first kappa shape index (κ1) is 34.7. The fraction of sp³-hybridized carbons (Fsp3) is 0.500. The first-order chi connectivity index (χ1) is 19.6. The van der Waals surface area contributed by atoms with Gasteiger partial charge in [-0.3, -0.25) is 4.79 Å². The third kappa shape index (κ3) is 10.4. The number of sulfonamides is 1. The number of aliphatic carboxylic acids is 1. The zero-order valence-electron chi connectivity index (χ0n) is 24.2. The fourth-order valence-corrected chi connectivity index (χ4v) is 4.44. The Labute approximate surface area is 245 Å². The average molecular weight is 610 g/mol. The molecule has 0 fully saturated rings. The SMILES string of the molecule is CC(C)c1nc(N(C)S(C)(=O)=O)nc(-c2ccc(F)cc2)c1/C=C/[C@H](O)C[C@@H](O)CC(=O)N[C@H](CCCCN)C(=O)O. The second-order valence-corrected chi connectivity index (χ2v) is 12.3. The highest BCUT2D eigenvalue weighted by Gasteiger charge is 2.24. The number of aliphatic hydroxyl groups excluding tert-OH is 2. The lowest BCUT2D eigenvalue weighted by atomic mass is 9.97. The number of benzene rings is 1. The van der Waals surface area contributed by atoms with Gasteiger partial charge in [0, 0.05) is 24.6 Å². The van der Waals surface area contributed by atoms with Crippen LogP contribution in [0.1, 0.15) is 63.1 Å². The Bertz CT molecular complexity index is 1350. The van der Waals surface area contributed by atoms with Gasteiger partial charge in [0.2, 0.25) is 21.9 Å². The average Bonchev–Trinajstić information content (AvgIpc) is 2.90. The van der Waals surface area contributed by atoms with E-state index in [1.54, 1.807) is 0 Å². The molecule has 14 heteroatoms. The molecule has 232 valence electrons. The minimum atomic E-state index is -3.69. The third-order valence-electron chi connectivity index (χ3n) is 6.41. The van der Waals surface area contributed by atoms with Gasteiger partial charge in [0.1, 0.15) is 11.9 Å². The van der Waals surface area contributed by atoms with Crippen molar-refractivity contribution in [3.05, 3.63) is 47.4 Å². The van der Waals surface area contributed by atoms with Crippen LogP contribution in [-0.4, -0.2) is 83.7 Å². The number of nitrogens with zero attached hydrogens (tertiary/aromatic N) is 3. The summed E-state index contributed by atoms with van der Waals surface area (Å²) in [5.41, 5.74) is 7.13. The van der Waals surface area contributed by atoms with Crippen molar-refractivity contribution in [1.82, 2.24) is 15.3 Å². The second-order valence-electron chi connectivity index (χ2n) is 10.3. The number of nitrogens with two attached hydrogens (primary N) is 1. The predicted octanol–water partition coefficient (Wildman–Crippen LogP) is 2.02. The van der Waals surface area contributed by atoms with Crippen LogP contribution in [0.3, 0.4) is 0 Å². The molecule has 12 nitrogen and oxygen atoms in total. The molecule has 42 heavy (non-hydrogen) atoms. The Balaban J connectivity index is 2.30. The lowest BCUT2D eigenvalue weighted by Gasteiger charge is -2.20. The molecule has 2 rings (SSSR count). The van der Waals surface area contributed by atoms with Crippen molar-refractivity contribution in [2.75, 3.05) is 24.2 Å². The first-order valence-corrected chi connectivity index (χ1v) is 15.4. The van der Waals surface area contributed by atoms with Gasteiger partial charge in [0.25, 0.3) is 0 Å². The summed E-state index contributed by atoms with van der Waals surface area (Å²) in [5.74, 6) is -2.62. The van der Waals surface area contributed by atoms with E-state index >= 15 is 0 Å². The molecule has 1 aromatic carbocycles. The quantitative estimate of drug-likeness (QED) is 0.176. The Hall–Kier alpha value is -3.46. The molecule has 1 heterocycles. The van der Waals surface area contributed by atoms with Crippen molar-refractivity contribution in [3.8, 4) is 11.3 Å². The number of aliphatic hydroxyl groups is 2. The van der Waals surface area contributed by atoms with Gasteiger partial charge in [-0.1, -0.05) is 26.0 Å². The Morgan fingerprint density at radius 3 is 2.33 bits per heavy atom. The number of nitrogens with one attached hydrogen (secondary N) is 1. The molecule has 0 aliphatic rings. The third-order valence-corrected chi connectivity index (χ3v) is 7.57. The van der Waals surface area contributed by atoms with Gasteiger partial charge in [-0.2, -0.15) is 0 Å². The number of carboxylic acid groups (broad SMARTS) is 1. The number of unbranched alkanes of at least 4 members (excludes halogenated alkanes) is 1. The molecule has 0 aliphatic heterocycles. The summed E-state index contributed by atoms with van der Waals surface area (Å²) in [6, 6.07) is 4.35. The van der Waals surface area contributed by atoms with Crippen LogP contribution in [0.2, 0.25) is 0 Å². The van der Waals surface area contributed by atoms with E-state index in [9.17, 15) is 37.7 Å². The van der Waals surface area contributed by atoms with Gasteiger partial charge in [0.05, 0.1) is 36.3 Å². The molecule has 0 saturated heterocycles. The number of rotatable bonds is 16. The Morgan fingerprint density at radius 2 is 1.79 bits per heavy atom. The molecule has 1 aromatic heterocycles. The van der Waals surface area contributed by atoms with Crippen LogP contribution in [0.15, 0.2) is 30.3 Å². The minimum Gasteiger partial charge on any atom is -0.480 e. The predicted molar refractivity (Wildman–Crippen MR) is 158 cm³/mol. The molecule has 3 atom stereocenters. The highest BCUT2D eigenvalue weighted by atomic mass is 32.2. The van der Waals surface area contributed by atoms with Gasteiger partial charge < -0.3 is 26.4 Å². The van der Waals surface area contributed by atoms with Crippen LogP contribution in [0.4, 0.5) is 10.3 Å². The van der Waals surface area contributed by atoms with E-state index in [4.69, 9.17) is 5.73 Å². The Kier molecular flexibility index (Phi) is 13.0. The molecule has 0 bridgehead atoms. The van der Waals surface area contributed by atoms with E-state index in [1.807, 2.05) is 13.8 Å². The van der Waals surface area contributed by atoms with Crippen LogP contribution in [0.5, 0.6) is 0 Å². The standard InChI is InChI=1S/C28H40FN5O7S/c1-17(2)25-22(26(18-8-10-19(29)11-9-18)33-28(32-25)34(3)42(4,40)41)13-12-20(35)15-21(36)16-24(37)31-23(27(38)39)7-5-6-14-30/h8-13,17,20-21,23,35-36H,5-7,14-16,30H2,1-4H3,(H,31,37)(H,38,39)/b13-12+/t20-,21+,23+/m0/s1. The number of amides is 1. The van der Waals surface area contributed by atoms with Gasteiger partial charge >= 0.3 is 5.97 Å². The van der Waals surface area contributed by atoms with Crippen LogP contribution < -0.4 is 15.4 Å². The first-order valence-electron chi connectivity index (χ1n) is 13.5. The smallest absolute Gasteiger partial charge is 0.326 e. The lowest BCUT2D eigenvalue weighted by Crippen LogP contribution is -2.42. The number of hydrogen-bond donors (Lipinski definition) is 5. The molecule has 0 aliphatic carbocycles. The summed E-state index contributed by atoms with van der Waals surface area (Å²) in [7, 11) is -2.37. The van der Waals surface area contributed by atoms with Crippen molar-refractivity contribution < 1.29 is 37.7 Å². The van der Waals surface area contributed by atoms with Crippen molar-refractivity contribution in [2.24, 2.45) is 5.73 Å². The molecule has 0 saturated carbocycles. The van der Waals surface area contributed by atoms with Gasteiger partial charge in [0.15, 0.2) is 0 Å². The zero-order chi connectivity index (χ0) is 31.6. The number of hydrogen-bond acceptors (Lipinski definition) is 9. The van der Waals surface area contributed by atoms with E-state index < -0.39 is 52.4 Å². The molecular formula is C28H40FN5O7S. The summed E-state index contributed by atoms with van der Waals surface area (Å²) in [6.45, 7) is 4.09. The molecule has 0 spiro atoms. The van der Waals surface area contributed by atoms with E-state index in [0.717, 1.165) is 10.6 Å². The Morgan fingerprint density at radius 1 is 1.14 bits per heavy atom. The number of halogens is 1. The number of carbonyl (C=O) groups excluding carboxylic acids is 1. The van der Waals surface area contributed by atoms with E-state index in [1.165, 1.54) is 43.5 Å². The van der Waals surface area contributed by atoms with E-state index in [2.05, 4.69) is 15.3 Å². The molecule has 6 N–H and O–H groups in total. The molecule has 2 aromatic rings. The summed E-state index contributed by atoms with van der Waals surface area (Å²) in [5, 5.41) is 32.7. The highest BCUT2D eigenvalue weighted by Crippen LogP contribution is 2.31. The number of carbonyl (C=O) groups is 2. The van der Waals surface area contributed by atoms with Crippen molar-refractivity contribution in [3.63, 3.8) is 0 Å².